The molecule has 0 aromatic rings. The van der Waals surface area contributed by atoms with Crippen LogP contribution in [0.5, 0.6) is 0 Å². The number of carboxylic acids is 1. The first-order chi connectivity index (χ1) is 12.0. The summed E-state index contributed by atoms with van der Waals surface area (Å²) in [5, 5.41) is 29.1. The van der Waals surface area contributed by atoms with Gasteiger partial charge in [-0.3, -0.25) is 4.79 Å². The smallest absolute Gasteiger partial charge is 0.303 e. The summed E-state index contributed by atoms with van der Waals surface area (Å²) in [6, 6.07) is 0. The molecule has 0 amide bonds. The number of allylic oxidation sites excluding steroid dienone is 2. The van der Waals surface area contributed by atoms with E-state index >= 15 is 0 Å². The van der Waals surface area contributed by atoms with Crippen LogP contribution < -0.4 is 0 Å². The minimum atomic E-state index is -0.719. The summed E-state index contributed by atoms with van der Waals surface area (Å²) in [7, 11) is 0. The Morgan fingerprint density at radius 2 is 2.12 bits per heavy atom. The fourth-order valence-electron chi connectivity index (χ4n) is 4.38. The number of rotatable bonds is 11. The largest absolute Gasteiger partial charge is 0.481 e. The molecule has 25 heavy (non-hydrogen) atoms. The lowest BCUT2D eigenvalue weighted by Gasteiger charge is -2.19. The number of aliphatic carboxylic acids is 1. The number of hydrogen-bond donors (Lipinski definition) is 3. The minimum absolute atomic E-state index is 0.138. The molecule has 0 saturated heterocycles. The molecule has 3 N–H and O–H groups in total. The van der Waals surface area contributed by atoms with Crippen molar-refractivity contribution < 1.29 is 20.1 Å². The van der Waals surface area contributed by atoms with Gasteiger partial charge in [-0.2, -0.15) is 0 Å². The Morgan fingerprint density at radius 1 is 1.32 bits per heavy atom. The van der Waals surface area contributed by atoms with Crippen molar-refractivity contribution >= 4 is 5.97 Å². The van der Waals surface area contributed by atoms with E-state index in [0.717, 1.165) is 57.8 Å². The second-order valence-corrected chi connectivity index (χ2v) is 7.79. The van der Waals surface area contributed by atoms with Crippen molar-refractivity contribution in [2.45, 2.75) is 83.3 Å². The SMILES string of the molecule is CCCCC[C@H](O)C=C[C@H]1[C@H](O)CC2C=C(CCCCC(=O)O)C[C@@H]21. The highest BCUT2D eigenvalue weighted by molar-refractivity contribution is 5.66. The molecule has 2 rings (SSSR count). The molecule has 4 heteroatoms. The molecule has 142 valence electrons. The second kappa shape index (κ2) is 10.1. The fraction of sp³-hybridized carbons (Fsp3) is 0.762. The van der Waals surface area contributed by atoms with E-state index < -0.39 is 12.1 Å². The predicted octanol–water partition coefficient (Wildman–Crippen LogP) is 4.07. The first-order valence-electron chi connectivity index (χ1n) is 9.97. The lowest BCUT2D eigenvalue weighted by Crippen LogP contribution is -2.18. The number of hydrogen-bond acceptors (Lipinski definition) is 3. The summed E-state index contributed by atoms with van der Waals surface area (Å²) in [4.78, 5) is 10.6. The lowest BCUT2D eigenvalue weighted by molar-refractivity contribution is -0.137. The summed E-state index contributed by atoms with van der Waals surface area (Å²) in [6.07, 6.45) is 14.4. The summed E-state index contributed by atoms with van der Waals surface area (Å²) in [5.74, 6) is 0.307. The highest BCUT2D eigenvalue weighted by Gasteiger charge is 2.43. The predicted molar refractivity (Wildman–Crippen MR) is 99.2 cm³/mol. The van der Waals surface area contributed by atoms with Crippen LogP contribution in [0.15, 0.2) is 23.8 Å². The summed E-state index contributed by atoms with van der Waals surface area (Å²) in [5.41, 5.74) is 1.43. The third-order valence-corrected chi connectivity index (χ3v) is 5.75. The van der Waals surface area contributed by atoms with Crippen molar-refractivity contribution in [3.8, 4) is 0 Å². The molecule has 0 spiro atoms. The van der Waals surface area contributed by atoms with Gasteiger partial charge in [0.05, 0.1) is 12.2 Å². The molecule has 0 aliphatic heterocycles. The van der Waals surface area contributed by atoms with Gasteiger partial charge in [0.15, 0.2) is 0 Å². The average Bonchev–Trinajstić information content (AvgIpc) is 3.06. The van der Waals surface area contributed by atoms with Gasteiger partial charge in [0.25, 0.3) is 0 Å². The summed E-state index contributed by atoms with van der Waals surface area (Å²) in [6.45, 7) is 2.16. The van der Waals surface area contributed by atoms with E-state index in [9.17, 15) is 15.0 Å². The first kappa shape index (κ1) is 20.2. The van der Waals surface area contributed by atoms with E-state index in [1.807, 2.05) is 12.2 Å². The van der Waals surface area contributed by atoms with Gasteiger partial charge < -0.3 is 15.3 Å². The van der Waals surface area contributed by atoms with Crippen molar-refractivity contribution in [2.75, 3.05) is 0 Å². The van der Waals surface area contributed by atoms with Crippen LogP contribution in [0.4, 0.5) is 0 Å². The molecular weight excluding hydrogens is 316 g/mol. The van der Waals surface area contributed by atoms with Gasteiger partial charge in [-0.15, -0.1) is 0 Å². The monoisotopic (exact) mass is 350 g/mol. The van der Waals surface area contributed by atoms with Gasteiger partial charge in [-0.1, -0.05) is 50.0 Å². The Balaban J connectivity index is 1.78. The molecule has 5 atom stereocenters. The summed E-state index contributed by atoms with van der Waals surface area (Å²) >= 11 is 0. The molecule has 0 aromatic carbocycles. The second-order valence-electron chi connectivity index (χ2n) is 7.79. The molecule has 0 radical (unpaired) electrons. The Morgan fingerprint density at radius 3 is 2.84 bits per heavy atom. The fourth-order valence-corrected chi connectivity index (χ4v) is 4.38. The van der Waals surface area contributed by atoms with Gasteiger partial charge in [0.1, 0.15) is 0 Å². The first-order valence-corrected chi connectivity index (χ1v) is 9.97. The van der Waals surface area contributed by atoms with Crippen LogP contribution in [0.3, 0.4) is 0 Å². The van der Waals surface area contributed by atoms with Gasteiger partial charge in [-0.05, 0) is 50.4 Å². The van der Waals surface area contributed by atoms with Crippen molar-refractivity contribution in [1.82, 2.24) is 0 Å². The maximum absolute atomic E-state index is 10.6. The molecule has 1 fully saturated rings. The zero-order valence-corrected chi connectivity index (χ0v) is 15.4. The highest BCUT2D eigenvalue weighted by atomic mass is 16.4. The number of fused-ring (bicyclic) bond motifs is 1. The number of aliphatic hydroxyl groups excluding tert-OH is 2. The maximum atomic E-state index is 10.6. The van der Waals surface area contributed by atoms with Crippen LogP contribution >= 0.6 is 0 Å². The van der Waals surface area contributed by atoms with E-state index in [2.05, 4.69) is 13.0 Å². The summed E-state index contributed by atoms with van der Waals surface area (Å²) < 4.78 is 0. The third-order valence-electron chi connectivity index (χ3n) is 5.75. The quantitative estimate of drug-likeness (QED) is 0.388. The van der Waals surface area contributed by atoms with Crippen molar-refractivity contribution in [1.29, 1.82) is 0 Å². The third kappa shape index (κ3) is 6.27. The van der Waals surface area contributed by atoms with Crippen molar-refractivity contribution in [2.24, 2.45) is 17.8 Å². The molecule has 2 aliphatic carbocycles. The minimum Gasteiger partial charge on any atom is -0.481 e. The average molecular weight is 350 g/mol. The van der Waals surface area contributed by atoms with Crippen LogP contribution in [-0.4, -0.2) is 33.5 Å². The van der Waals surface area contributed by atoms with Crippen LogP contribution in [-0.2, 0) is 4.79 Å². The zero-order chi connectivity index (χ0) is 18.2. The lowest BCUT2D eigenvalue weighted by atomic mass is 9.88. The van der Waals surface area contributed by atoms with Crippen LogP contribution in [0.1, 0.15) is 71.1 Å². The van der Waals surface area contributed by atoms with E-state index in [-0.39, 0.29) is 18.4 Å². The molecule has 0 heterocycles. The molecule has 1 saturated carbocycles. The molecule has 4 nitrogen and oxygen atoms in total. The van der Waals surface area contributed by atoms with E-state index in [0.29, 0.717) is 11.8 Å². The standard InChI is InChI=1S/C21H34O4/c1-2-3-4-8-17(22)10-11-18-19-13-15(7-5-6-9-21(24)25)12-16(19)14-20(18)23/h10-12,16-20,22-23H,2-9,13-14H2,1H3,(H,24,25)/t16?,17-,18+,19-,20+/m0/s1. The maximum Gasteiger partial charge on any atom is 0.303 e. The van der Waals surface area contributed by atoms with Gasteiger partial charge in [0, 0.05) is 12.3 Å². The number of carbonyl (C=O) groups is 1. The number of aliphatic hydroxyl groups is 2. The van der Waals surface area contributed by atoms with Crippen LogP contribution in [0, 0.1) is 17.8 Å². The zero-order valence-electron chi connectivity index (χ0n) is 15.4. The van der Waals surface area contributed by atoms with Crippen LogP contribution in [0.2, 0.25) is 0 Å². The number of carboxylic acid groups (broad SMARTS) is 1. The van der Waals surface area contributed by atoms with E-state index in [1.54, 1.807) is 0 Å². The molecule has 0 bridgehead atoms. The number of unbranched alkanes of at least 4 members (excludes halogenated alkanes) is 3. The Bertz CT molecular complexity index is 482. The molecule has 0 aromatic heterocycles. The van der Waals surface area contributed by atoms with Crippen LogP contribution in [0.25, 0.3) is 0 Å². The highest BCUT2D eigenvalue weighted by Crippen LogP contribution is 2.48. The topological polar surface area (TPSA) is 77.8 Å². The van der Waals surface area contributed by atoms with Gasteiger partial charge >= 0.3 is 5.97 Å². The van der Waals surface area contributed by atoms with Gasteiger partial charge in [0.2, 0.25) is 0 Å². The van der Waals surface area contributed by atoms with Crippen molar-refractivity contribution in [3.05, 3.63) is 23.8 Å². The van der Waals surface area contributed by atoms with E-state index in [1.165, 1.54) is 5.57 Å². The van der Waals surface area contributed by atoms with E-state index in [4.69, 9.17) is 5.11 Å². The Hall–Kier alpha value is -1.13. The molecular formula is C21H34O4. The molecule has 2 aliphatic rings. The normalized spacial score (nSPS) is 29.8. The Labute approximate surface area is 151 Å². The Kier molecular flexibility index (Phi) is 8.17. The van der Waals surface area contributed by atoms with Gasteiger partial charge in [-0.25, -0.2) is 0 Å². The molecule has 1 unspecified atom stereocenters. The van der Waals surface area contributed by atoms with Crippen molar-refractivity contribution in [3.63, 3.8) is 0 Å².